The van der Waals surface area contributed by atoms with E-state index in [1.54, 1.807) is 12.1 Å². The summed E-state index contributed by atoms with van der Waals surface area (Å²) in [6.07, 6.45) is 0.311. The summed E-state index contributed by atoms with van der Waals surface area (Å²) in [4.78, 5) is 10.6. The summed E-state index contributed by atoms with van der Waals surface area (Å²) in [5.74, 6) is 0.373. The molecule has 0 radical (unpaired) electrons. The van der Waals surface area contributed by atoms with Gasteiger partial charge in [0.15, 0.2) is 11.5 Å². The minimum absolute atomic E-state index is 0.161. The Labute approximate surface area is 86.7 Å². The molecule has 0 amide bonds. The van der Waals surface area contributed by atoms with E-state index in [0.29, 0.717) is 17.9 Å². The van der Waals surface area contributed by atoms with Crippen molar-refractivity contribution in [1.82, 2.24) is 0 Å². The summed E-state index contributed by atoms with van der Waals surface area (Å²) in [6, 6.07) is 5.35. The fourth-order valence-electron chi connectivity index (χ4n) is 1.37. The normalized spacial score (nSPS) is 12.5. The molecule has 0 aliphatic carbocycles. The van der Waals surface area contributed by atoms with Gasteiger partial charge < -0.3 is 14.6 Å². The monoisotopic (exact) mass is 208 g/mol. The second-order valence-electron chi connectivity index (χ2n) is 3.27. The molecular formula is C11H10O4. The third-order valence-electron chi connectivity index (χ3n) is 2.16. The van der Waals surface area contributed by atoms with Gasteiger partial charge >= 0.3 is 5.97 Å². The van der Waals surface area contributed by atoms with E-state index in [1.165, 1.54) is 0 Å². The fourth-order valence-corrected chi connectivity index (χ4v) is 1.37. The first-order valence-electron chi connectivity index (χ1n) is 4.46. The molecule has 0 saturated carbocycles. The van der Waals surface area contributed by atoms with E-state index in [9.17, 15) is 4.79 Å². The molecule has 1 aliphatic heterocycles. The van der Waals surface area contributed by atoms with Crippen molar-refractivity contribution in [2.75, 3.05) is 6.79 Å². The minimum atomic E-state index is -0.979. The lowest BCUT2D eigenvalue weighted by atomic mass is 10.2. The number of carboxylic acids is 1. The molecule has 0 spiro atoms. The predicted molar refractivity (Wildman–Crippen MR) is 53.0 cm³/mol. The molecule has 1 heterocycles. The van der Waals surface area contributed by atoms with Gasteiger partial charge in [0.2, 0.25) is 6.79 Å². The number of hydrogen-bond acceptors (Lipinski definition) is 3. The number of aliphatic carboxylic acids is 1. The number of carbonyl (C=O) groups is 1. The second kappa shape index (κ2) is 3.65. The Balaban J connectivity index is 2.17. The molecule has 15 heavy (non-hydrogen) atoms. The molecule has 0 unspecified atom stereocenters. The van der Waals surface area contributed by atoms with Crippen molar-refractivity contribution >= 4 is 5.97 Å². The molecule has 4 nitrogen and oxygen atoms in total. The maximum atomic E-state index is 10.6. The Morgan fingerprint density at radius 1 is 1.40 bits per heavy atom. The molecule has 0 saturated heterocycles. The van der Waals surface area contributed by atoms with Crippen LogP contribution in [0.25, 0.3) is 0 Å². The summed E-state index contributed by atoms with van der Waals surface area (Å²) in [6.45, 7) is 3.69. The SMILES string of the molecule is C=C([14CH2]c1ccc2c(c1)OCO2)C(=O)O. The van der Waals surface area contributed by atoms with Crippen molar-refractivity contribution in [3.05, 3.63) is 35.9 Å². The van der Waals surface area contributed by atoms with E-state index in [0.717, 1.165) is 5.56 Å². The zero-order valence-electron chi connectivity index (χ0n) is 8.03. The van der Waals surface area contributed by atoms with Crippen LogP contribution in [0.2, 0.25) is 0 Å². The van der Waals surface area contributed by atoms with E-state index in [2.05, 4.69) is 6.58 Å². The highest BCUT2D eigenvalue weighted by atomic mass is 16.7. The summed E-state index contributed by atoms with van der Waals surface area (Å²) >= 11 is 0. The van der Waals surface area contributed by atoms with Crippen LogP contribution in [-0.4, -0.2) is 17.9 Å². The number of fused-ring (bicyclic) bond motifs is 1. The molecule has 1 aliphatic rings. The first kappa shape index (κ1) is 9.58. The van der Waals surface area contributed by atoms with Gasteiger partial charge in [-0.2, -0.15) is 0 Å². The summed E-state index contributed by atoms with van der Waals surface area (Å²) < 4.78 is 10.3. The van der Waals surface area contributed by atoms with Gasteiger partial charge in [-0.25, -0.2) is 4.79 Å². The van der Waals surface area contributed by atoms with E-state index < -0.39 is 5.97 Å². The molecule has 4 heteroatoms. The van der Waals surface area contributed by atoms with E-state index in [1.807, 2.05) is 6.07 Å². The minimum Gasteiger partial charge on any atom is -0.478 e. The zero-order chi connectivity index (χ0) is 10.8. The Kier molecular flexibility index (Phi) is 2.33. The Morgan fingerprint density at radius 3 is 2.87 bits per heavy atom. The largest absolute Gasteiger partial charge is 0.478 e. The average molecular weight is 208 g/mol. The van der Waals surface area contributed by atoms with Crippen molar-refractivity contribution in [3.8, 4) is 11.5 Å². The van der Waals surface area contributed by atoms with Crippen LogP contribution in [-0.2, 0) is 11.2 Å². The van der Waals surface area contributed by atoms with Crippen LogP contribution in [0, 0.1) is 0 Å². The summed E-state index contributed by atoms with van der Waals surface area (Å²) in [7, 11) is 0. The number of benzene rings is 1. The maximum absolute atomic E-state index is 10.6. The molecule has 78 valence electrons. The highest BCUT2D eigenvalue weighted by molar-refractivity contribution is 5.86. The number of hydrogen-bond donors (Lipinski definition) is 1. The van der Waals surface area contributed by atoms with Crippen LogP contribution in [0.15, 0.2) is 30.4 Å². The lowest BCUT2D eigenvalue weighted by molar-refractivity contribution is -0.132. The summed E-state index contributed by atoms with van der Waals surface area (Å²) in [5, 5.41) is 8.68. The van der Waals surface area contributed by atoms with Crippen LogP contribution < -0.4 is 9.47 Å². The van der Waals surface area contributed by atoms with Crippen molar-refractivity contribution in [1.29, 1.82) is 0 Å². The smallest absolute Gasteiger partial charge is 0.331 e. The number of carboxylic acid groups (broad SMARTS) is 1. The highest BCUT2D eigenvalue weighted by Crippen LogP contribution is 2.32. The zero-order valence-corrected chi connectivity index (χ0v) is 8.03. The molecule has 2 rings (SSSR count). The van der Waals surface area contributed by atoms with Gasteiger partial charge in [-0.15, -0.1) is 0 Å². The van der Waals surface area contributed by atoms with Gasteiger partial charge in [0.25, 0.3) is 0 Å². The van der Waals surface area contributed by atoms with Crippen LogP contribution in [0.5, 0.6) is 11.5 Å². The number of rotatable bonds is 3. The van der Waals surface area contributed by atoms with Crippen LogP contribution in [0.4, 0.5) is 0 Å². The molecule has 0 atom stereocenters. The van der Waals surface area contributed by atoms with E-state index in [-0.39, 0.29) is 12.4 Å². The molecule has 1 N–H and O–H groups in total. The third-order valence-corrected chi connectivity index (χ3v) is 2.16. The van der Waals surface area contributed by atoms with Crippen LogP contribution in [0.1, 0.15) is 5.56 Å². The average Bonchev–Trinajstić information content (AvgIpc) is 2.64. The molecule has 1 aromatic rings. The Bertz CT molecular complexity index is 423. The molecule has 0 bridgehead atoms. The van der Waals surface area contributed by atoms with Crippen LogP contribution in [0.3, 0.4) is 0 Å². The standard InChI is InChI=1S/C11H10O4/c1-7(11(12)13)4-8-2-3-9-10(5-8)15-6-14-9/h2-3,5H,1,4,6H2,(H,12,13)/i4+2. The molecule has 0 fully saturated rings. The lowest BCUT2D eigenvalue weighted by Crippen LogP contribution is -2.01. The Hall–Kier alpha value is -1.97. The quantitative estimate of drug-likeness (QED) is 0.766. The second-order valence-corrected chi connectivity index (χ2v) is 3.27. The maximum Gasteiger partial charge on any atom is 0.331 e. The lowest BCUT2D eigenvalue weighted by Gasteiger charge is -2.02. The van der Waals surface area contributed by atoms with Crippen molar-refractivity contribution in [3.63, 3.8) is 0 Å². The van der Waals surface area contributed by atoms with Gasteiger partial charge in [-0.1, -0.05) is 12.6 Å². The predicted octanol–water partition coefficient (Wildman–Crippen LogP) is 1.60. The highest BCUT2D eigenvalue weighted by Gasteiger charge is 2.14. The first-order valence-corrected chi connectivity index (χ1v) is 4.46. The van der Waals surface area contributed by atoms with Crippen molar-refractivity contribution in [2.45, 2.75) is 6.42 Å². The number of ether oxygens (including phenoxy) is 2. The van der Waals surface area contributed by atoms with Gasteiger partial charge in [0.05, 0.1) is 0 Å². The fraction of sp³-hybridized carbons (Fsp3) is 0.182. The third kappa shape index (κ3) is 1.93. The topological polar surface area (TPSA) is 55.8 Å². The molecule has 0 aromatic heterocycles. The molecule has 1 aromatic carbocycles. The van der Waals surface area contributed by atoms with E-state index in [4.69, 9.17) is 14.6 Å². The molecular weight excluding hydrogens is 198 g/mol. The van der Waals surface area contributed by atoms with E-state index >= 15 is 0 Å². The van der Waals surface area contributed by atoms with Gasteiger partial charge in [0.1, 0.15) is 0 Å². The summed E-state index contributed by atoms with van der Waals surface area (Å²) in [5.41, 5.74) is 1.01. The van der Waals surface area contributed by atoms with Gasteiger partial charge in [-0.05, 0) is 17.7 Å². The van der Waals surface area contributed by atoms with Crippen molar-refractivity contribution < 1.29 is 19.4 Å². The first-order chi connectivity index (χ1) is 7.16. The van der Waals surface area contributed by atoms with Gasteiger partial charge in [-0.3, -0.25) is 0 Å². The Morgan fingerprint density at radius 2 is 2.13 bits per heavy atom. The van der Waals surface area contributed by atoms with Crippen molar-refractivity contribution in [2.24, 2.45) is 0 Å². The van der Waals surface area contributed by atoms with Gasteiger partial charge in [0, 0.05) is 12.0 Å². The van der Waals surface area contributed by atoms with Crippen LogP contribution >= 0.6 is 0 Å².